The van der Waals surface area contributed by atoms with Gasteiger partial charge in [0, 0.05) is 5.56 Å². The van der Waals surface area contributed by atoms with Crippen LogP contribution in [0, 0.1) is 18.8 Å². The van der Waals surface area contributed by atoms with Gasteiger partial charge in [0.1, 0.15) is 12.2 Å². The van der Waals surface area contributed by atoms with E-state index < -0.39 is 10.0 Å². The van der Waals surface area contributed by atoms with Gasteiger partial charge in [-0.3, -0.25) is 5.10 Å². The van der Waals surface area contributed by atoms with Crippen LogP contribution in [0.5, 0.6) is 0 Å². The van der Waals surface area contributed by atoms with Gasteiger partial charge in [0.2, 0.25) is 10.0 Å². The molecule has 1 aromatic carbocycles. The minimum atomic E-state index is -3.61. The van der Waals surface area contributed by atoms with Crippen LogP contribution in [-0.4, -0.2) is 30.1 Å². The second kappa shape index (κ2) is 6.49. The van der Waals surface area contributed by atoms with Crippen molar-refractivity contribution in [3.05, 3.63) is 41.5 Å². The minimum Gasteiger partial charge on any atom is -0.320 e. The Kier molecular flexibility index (Phi) is 4.70. The summed E-state index contributed by atoms with van der Waals surface area (Å²) in [5, 5.41) is 6.24. The van der Waals surface area contributed by atoms with Crippen LogP contribution in [0.4, 0.5) is 0 Å². The molecule has 0 saturated heterocycles. The molecule has 0 aliphatic carbocycles. The Morgan fingerprint density at radius 3 is 2.86 bits per heavy atom. The van der Waals surface area contributed by atoms with Gasteiger partial charge in [-0.25, -0.2) is 18.1 Å². The van der Waals surface area contributed by atoms with Crippen LogP contribution in [0.15, 0.2) is 29.4 Å². The summed E-state index contributed by atoms with van der Waals surface area (Å²) < 4.78 is 26.8. The van der Waals surface area contributed by atoms with Crippen LogP contribution >= 0.6 is 0 Å². The Morgan fingerprint density at radius 2 is 2.24 bits per heavy atom. The number of nitrogens with two attached hydrogens (primary N) is 1. The lowest BCUT2D eigenvalue weighted by Gasteiger charge is -2.07. The molecule has 0 amide bonds. The third-order valence-electron chi connectivity index (χ3n) is 2.73. The fraction of sp³-hybridized carbons (Fsp3) is 0.231. The zero-order valence-electron chi connectivity index (χ0n) is 11.4. The molecule has 0 saturated carbocycles. The van der Waals surface area contributed by atoms with E-state index in [1.54, 1.807) is 19.1 Å². The van der Waals surface area contributed by atoms with E-state index in [1.807, 2.05) is 0 Å². The maximum atomic E-state index is 12.2. The highest BCUT2D eigenvalue weighted by Gasteiger charge is 2.15. The molecule has 0 aliphatic heterocycles. The van der Waals surface area contributed by atoms with Crippen molar-refractivity contribution in [3.63, 3.8) is 0 Å². The molecule has 0 radical (unpaired) electrons. The molecule has 7 nitrogen and oxygen atoms in total. The first-order valence-electron chi connectivity index (χ1n) is 6.16. The number of rotatable bonds is 4. The molecule has 1 aromatic heterocycles. The predicted molar refractivity (Wildman–Crippen MR) is 77.5 cm³/mol. The standard InChI is InChI=1S/C13H15N5O2S/c1-10-7-12(5-4-11(10)3-2-6-14)21(19,20)17-8-13-15-9-16-18-13/h4-5,7,9,17H,6,8,14H2,1H3,(H,15,16,18). The van der Waals surface area contributed by atoms with Crippen molar-refractivity contribution in [1.29, 1.82) is 0 Å². The topological polar surface area (TPSA) is 114 Å². The highest BCUT2D eigenvalue weighted by molar-refractivity contribution is 7.89. The third kappa shape index (κ3) is 3.88. The summed E-state index contributed by atoms with van der Waals surface area (Å²) in [5.41, 5.74) is 6.85. The van der Waals surface area contributed by atoms with Crippen LogP contribution in [0.1, 0.15) is 17.0 Å². The molecule has 2 rings (SSSR count). The number of sulfonamides is 1. The van der Waals surface area contributed by atoms with Crippen molar-refractivity contribution in [1.82, 2.24) is 19.9 Å². The van der Waals surface area contributed by atoms with Gasteiger partial charge < -0.3 is 5.73 Å². The number of nitrogens with zero attached hydrogens (tertiary/aromatic N) is 2. The summed E-state index contributed by atoms with van der Waals surface area (Å²) in [6.07, 6.45) is 1.32. The van der Waals surface area contributed by atoms with E-state index >= 15 is 0 Å². The van der Waals surface area contributed by atoms with Crippen LogP contribution in [0.3, 0.4) is 0 Å². The zero-order chi connectivity index (χ0) is 15.3. The van der Waals surface area contributed by atoms with Crippen LogP contribution in [0.25, 0.3) is 0 Å². The fourth-order valence-electron chi connectivity index (χ4n) is 1.65. The van der Waals surface area contributed by atoms with E-state index in [1.165, 1.54) is 12.4 Å². The van der Waals surface area contributed by atoms with E-state index in [-0.39, 0.29) is 18.0 Å². The van der Waals surface area contributed by atoms with Gasteiger partial charge >= 0.3 is 0 Å². The van der Waals surface area contributed by atoms with Crippen molar-refractivity contribution in [3.8, 4) is 11.8 Å². The first-order valence-corrected chi connectivity index (χ1v) is 7.65. The van der Waals surface area contributed by atoms with Crippen LogP contribution in [-0.2, 0) is 16.6 Å². The average Bonchev–Trinajstić information content (AvgIpc) is 2.97. The number of aryl methyl sites for hydroxylation is 1. The van der Waals surface area contributed by atoms with Crippen molar-refractivity contribution in [2.75, 3.05) is 6.54 Å². The molecule has 21 heavy (non-hydrogen) atoms. The normalized spacial score (nSPS) is 11.0. The maximum Gasteiger partial charge on any atom is 0.240 e. The summed E-state index contributed by atoms with van der Waals surface area (Å²) in [6.45, 7) is 2.12. The largest absolute Gasteiger partial charge is 0.320 e. The Morgan fingerprint density at radius 1 is 1.43 bits per heavy atom. The maximum absolute atomic E-state index is 12.2. The number of aromatic nitrogens is 3. The number of aromatic amines is 1. The number of hydrogen-bond donors (Lipinski definition) is 3. The number of benzene rings is 1. The minimum absolute atomic E-state index is 0.0517. The van der Waals surface area contributed by atoms with Gasteiger partial charge in [-0.15, -0.1) is 0 Å². The summed E-state index contributed by atoms with van der Waals surface area (Å²) in [7, 11) is -3.61. The Balaban J connectivity index is 2.18. The van der Waals surface area contributed by atoms with Gasteiger partial charge in [-0.1, -0.05) is 11.8 Å². The van der Waals surface area contributed by atoms with Crippen molar-refractivity contribution >= 4 is 10.0 Å². The van der Waals surface area contributed by atoms with E-state index in [0.29, 0.717) is 5.82 Å². The quantitative estimate of drug-likeness (QED) is 0.683. The first-order chi connectivity index (χ1) is 10.0. The Labute approximate surface area is 123 Å². The second-order valence-electron chi connectivity index (χ2n) is 4.24. The molecule has 0 atom stereocenters. The lowest BCUT2D eigenvalue weighted by atomic mass is 10.1. The van der Waals surface area contributed by atoms with E-state index in [2.05, 4.69) is 31.7 Å². The average molecular weight is 305 g/mol. The SMILES string of the molecule is Cc1cc(S(=O)(=O)NCc2ncn[nH]2)ccc1C#CCN. The number of H-pyrrole nitrogens is 1. The summed E-state index contributed by atoms with van der Waals surface area (Å²) >= 11 is 0. The molecule has 0 spiro atoms. The van der Waals surface area contributed by atoms with Crippen molar-refractivity contribution < 1.29 is 8.42 Å². The van der Waals surface area contributed by atoms with Gasteiger partial charge in [0.25, 0.3) is 0 Å². The third-order valence-corrected chi connectivity index (χ3v) is 4.13. The van der Waals surface area contributed by atoms with Crippen LogP contribution < -0.4 is 10.5 Å². The molecule has 110 valence electrons. The van der Waals surface area contributed by atoms with Crippen molar-refractivity contribution in [2.45, 2.75) is 18.4 Å². The Hall–Kier alpha value is -2.21. The molecule has 4 N–H and O–H groups in total. The first kappa shape index (κ1) is 15.2. The molecule has 0 bridgehead atoms. The van der Waals surface area contributed by atoms with Gasteiger partial charge in [0.15, 0.2) is 0 Å². The smallest absolute Gasteiger partial charge is 0.240 e. The van der Waals surface area contributed by atoms with Gasteiger partial charge in [-0.2, -0.15) is 5.10 Å². The lowest BCUT2D eigenvalue weighted by Crippen LogP contribution is -2.24. The summed E-state index contributed by atoms with van der Waals surface area (Å²) in [6, 6.07) is 4.75. The number of hydrogen-bond acceptors (Lipinski definition) is 5. The highest BCUT2D eigenvalue weighted by Crippen LogP contribution is 2.15. The number of nitrogens with one attached hydrogen (secondary N) is 2. The monoisotopic (exact) mass is 305 g/mol. The van der Waals surface area contributed by atoms with E-state index in [0.717, 1.165) is 11.1 Å². The van der Waals surface area contributed by atoms with E-state index in [4.69, 9.17) is 5.73 Å². The highest BCUT2D eigenvalue weighted by atomic mass is 32.2. The molecule has 2 aromatic rings. The molecule has 8 heteroatoms. The molecular formula is C13H15N5O2S. The molecule has 1 heterocycles. The predicted octanol–water partition coefficient (Wildman–Crippen LogP) is -0.0982. The Bertz CT molecular complexity index is 773. The van der Waals surface area contributed by atoms with E-state index in [9.17, 15) is 8.42 Å². The zero-order valence-corrected chi connectivity index (χ0v) is 12.2. The molecular weight excluding hydrogens is 290 g/mol. The second-order valence-corrected chi connectivity index (χ2v) is 6.01. The molecule has 0 fully saturated rings. The summed E-state index contributed by atoms with van der Waals surface area (Å²) in [5.74, 6) is 6.08. The van der Waals surface area contributed by atoms with Crippen molar-refractivity contribution in [2.24, 2.45) is 5.73 Å². The van der Waals surface area contributed by atoms with Gasteiger partial charge in [0.05, 0.1) is 18.0 Å². The lowest BCUT2D eigenvalue weighted by molar-refractivity contribution is 0.579. The van der Waals surface area contributed by atoms with Crippen LogP contribution in [0.2, 0.25) is 0 Å². The molecule has 0 aliphatic rings. The summed E-state index contributed by atoms with van der Waals surface area (Å²) in [4.78, 5) is 4.03. The fourth-order valence-corrected chi connectivity index (χ4v) is 2.73. The molecule has 0 unspecified atom stereocenters. The van der Waals surface area contributed by atoms with Gasteiger partial charge in [-0.05, 0) is 30.7 Å².